The monoisotopic (exact) mass is 205 g/mol. The summed E-state index contributed by atoms with van der Waals surface area (Å²) in [7, 11) is 1.85. The molecule has 0 saturated heterocycles. The second kappa shape index (κ2) is 3.82. The van der Waals surface area contributed by atoms with E-state index in [1.807, 2.05) is 7.05 Å². The van der Waals surface area contributed by atoms with Crippen LogP contribution in [0.2, 0.25) is 0 Å². The highest BCUT2D eigenvalue weighted by atomic mass is 19.1. The standard InChI is InChI=1S/C11H12FN3/c1-15-6-10(14-7-15)11(13)8-4-2-3-5-9(8)12/h2-7,11H,13H2,1H3. The number of halogens is 1. The minimum atomic E-state index is -0.507. The summed E-state index contributed by atoms with van der Waals surface area (Å²) in [6.45, 7) is 0. The summed E-state index contributed by atoms with van der Waals surface area (Å²) in [5.41, 5.74) is 7.05. The molecule has 2 aromatic rings. The molecule has 3 nitrogen and oxygen atoms in total. The lowest BCUT2D eigenvalue weighted by Gasteiger charge is -2.09. The van der Waals surface area contributed by atoms with Gasteiger partial charge in [0, 0.05) is 18.8 Å². The molecule has 0 spiro atoms. The molecule has 1 unspecified atom stereocenters. The predicted molar refractivity (Wildman–Crippen MR) is 55.6 cm³/mol. The van der Waals surface area contributed by atoms with E-state index in [1.165, 1.54) is 6.07 Å². The van der Waals surface area contributed by atoms with Crippen molar-refractivity contribution < 1.29 is 4.39 Å². The smallest absolute Gasteiger partial charge is 0.128 e. The fourth-order valence-electron chi connectivity index (χ4n) is 1.48. The van der Waals surface area contributed by atoms with Crippen LogP contribution in [0.3, 0.4) is 0 Å². The number of nitrogens with two attached hydrogens (primary N) is 1. The van der Waals surface area contributed by atoms with Crippen LogP contribution in [-0.2, 0) is 7.05 Å². The van der Waals surface area contributed by atoms with Crippen LogP contribution in [0.5, 0.6) is 0 Å². The first-order chi connectivity index (χ1) is 7.18. The number of nitrogens with zero attached hydrogens (tertiary/aromatic N) is 2. The van der Waals surface area contributed by atoms with Gasteiger partial charge >= 0.3 is 0 Å². The van der Waals surface area contributed by atoms with Gasteiger partial charge in [0.1, 0.15) is 5.82 Å². The Morgan fingerprint density at radius 2 is 2.13 bits per heavy atom. The molecule has 15 heavy (non-hydrogen) atoms. The average Bonchev–Trinajstić information content (AvgIpc) is 2.65. The van der Waals surface area contributed by atoms with Gasteiger partial charge in [-0.2, -0.15) is 0 Å². The number of aromatic nitrogens is 2. The highest BCUT2D eigenvalue weighted by Crippen LogP contribution is 2.20. The molecule has 1 heterocycles. The zero-order valence-corrected chi connectivity index (χ0v) is 8.39. The average molecular weight is 205 g/mol. The first-order valence-corrected chi connectivity index (χ1v) is 4.66. The topological polar surface area (TPSA) is 43.8 Å². The number of hydrogen-bond acceptors (Lipinski definition) is 2. The van der Waals surface area contributed by atoms with E-state index < -0.39 is 6.04 Å². The molecule has 0 bridgehead atoms. The Morgan fingerprint density at radius 1 is 1.40 bits per heavy atom. The summed E-state index contributed by atoms with van der Waals surface area (Å²) in [4.78, 5) is 4.10. The normalized spacial score (nSPS) is 12.7. The van der Waals surface area contributed by atoms with Gasteiger partial charge in [0.15, 0.2) is 0 Å². The van der Waals surface area contributed by atoms with Crippen LogP contribution >= 0.6 is 0 Å². The highest BCUT2D eigenvalue weighted by Gasteiger charge is 2.14. The third kappa shape index (κ3) is 1.89. The van der Waals surface area contributed by atoms with E-state index in [4.69, 9.17) is 5.73 Å². The number of aryl methyl sites for hydroxylation is 1. The van der Waals surface area contributed by atoms with Gasteiger partial charge in [-0.05, 0) is 6.07 Å². The first kappa shape index (κ1) is 9.86. The van der Waals surface area contributed by atoms with Crippen molar-refractivity contribution >= 4 is 0 Å². The summed E-state index contributed by atoms with van der Waals surface area (Å²) in [6, 6.07) is 5.98. The van der Waals surface area contributed by atoms with Crippen molar-refractivity contribution in [2.45, 2.75) is 6.04 Å². The molecule has 2 rings (SSSR count). The molecular formula is C11H12FN3. The Kier molecular flexibility index (Phi) is 2.51. The summed E-state index contributed by atoms with van der Waals surface area (Å²) in [6.07, 6.45) is 3.44. The lowest BCUT2D eigenvalue weighted by molar-refractivity contribution is 0.597. The molecule has 0 radical (unpaired) electrons. The number of benzene rings is 1. The van der Waals surface area contributed by atoms with Crippen LogP contribution in [-0.4, -0.2) is 9.55 Å². The molecule has 0 amide bonds. The molecule has 1 atom stereocenters. The first-order valence-electron chi connectivity index (χ1n) is 4.66. The van der Waals surface area contributed by atoms with Gasteiger partial charge in [-0.1, -0.05) is 18.2 Å². The molecule has 0 aliphatic carbocycles. The van der Waals surface area contributed by atoms with Crippen molar-refractivity contribution in [2.24, 2.45) is 12.8 Å². The van der Waals surface area contributed by atoms with Crippen LogP contribution in [0, 0.1) is 5.82 Å². The second-order valence-corrected chi connectivity index (χ2v) is 3.46. The molecular weight excluding hydrogens is 193 g/mol. The Labute approximate surface area is 87.4 Å². The third-order valence-electron chi connectivity index (χ3n) is 2.28. The zero-order valence-electron chi connectivity index (χ0n) is 8.39. The largest absolute Gasteiger partial charge is 0.340 e. The van der Waals surface area contributed by atoms with Crippen molar-refractivity contribution in [3.63, 3.8) is 0 Å². The molecule has 1 aromatic carbocycles. The van der Waals surface area contributed by atoms with Crippen molar-refractivity contribution in [2.75, 3.05) is 0 Å². The van der Waals surface area contributed by atoms with Gasteiger partial charge < -0.3 is 10.3 Å². The van der Waals surface area contributed by atoms with Crippen molar-refractivity contribution in [3.8, 4) is 0 Å². The maximum Gasteiger partial charge on any atom is 0.128 e. The maximum atomic E-state index is 13.4. The van der Waals surface area contributed by atoms with Crippen LogP contribution in [0.1, 0.15) is 17.3 Å². The van der Waals surface area contributed by atoms with Crippen molar-refractivity contribution in [1.29, 1.82) is 0 Å². The van der Waals surface area contributed by atoms with Crippen LogP contribution < -0.4 is 5.73 Å². The van der Waals surface area contributed by atoms with Crippen molar-refractivity contribution in [3.05, 3.63) is 53.9 Å². The fraction of sp³-hybridized carbons (Fsp3) is 0.182. The Balaban J connectivity index is 2.36. The van der Waals surface area contributed by atoms with Gasteiger partial charge in [0.05, 0.1) is 18.1 Å². The van der Waals surface area contributed by atoms with E-state index in [2.05, 4.69) is 4.98 Å². The number of hydrogen-bond donors (Lipinski definition) is 1. The quantitative estimate of drug-likeness (QED) is 0.809. The van der Waals surface area contributed by atoms with E-state index in [-0.39, 0.29) is 5.82 Å². The molecule has 0 aliphatic rings. The van der Waals surface area contributed by atoms with Gasteiger partial charge in [-0.25, -0.2) is 9.37 Å². The van der Waals surface area contributed by atoms with E-state index in [1.54, 1.807) is 35.3 Å². The van der Waals surface area contributed by atoms with Gasteiger partial charge in [0.2, 0.25) is 0 Å². The zero-order chi connectivity index (χ0) is 10.8. The molecule has 0 fully saturated rings. The molecule has 0 saturated carbocycles. The number of rotatable bonds is 2. The Hall–Kier alpha value is -1.68. The summed E-state index contributed by atoms with van der Waals surface area (Å²) < 4.78 is 15.2. The summed E-state index contributed by atoms with van der Waals surface area (Å²) in [5, 5.41) is 0. The second-order valence-electron chi connectivity index (χ2n) is 3.46. The SMILES string of the molecule is Cn1cnc(C(N)c2ccccc2F)c1. The van der Waals surface area contributed by atoms with Gasteiger partial charge in [-0.15, -0.1) is 0 Å². The van der Waals surface area contributed by atoms with Gasteiger partial charge in [0.25, 0.3) is 0 Å². The minimum absolute atomic E-state index is 0.296. The Bertz CT molecular complexity index is 464. The van der Waals surface area contributed by atoms with Crippen LogP contribution in [0.25, 0.3) is 0 Å². The molecule has 0 aliphatic heterocycles. The Morgan fingerprint density at radius 3 is 2.73 bits per heavy atom. The van der Waals surface area contributed by atoms with Crippen molar-refractivity contribution in [1.82, 2.24) is 9.55 Å². The lowest BCUT2D eigenvalue weighted by atomic mass is 10.1. The third-order valence-corrected chi connectivity index (χ3v) is 2.28. The molecule has 1 aromatic heterocycles. The summed E-state index contributed by atoms with van der Waals surface area (Å²) >= 11 is 0. The molecule has 78 valence electrons. The maximum absolute atomic E-state index is 13.4. The van der Waals surface area contributed by atoms with Crippen LogP contribution in [0.4, 0.5) is 4.39 Å². The lowest BCUT2D eigenvalue weighted by Crippen LogP contribution is -2.13. The predicted octanol–water partition coefficient (Wildman–Crippen LogP) is 1.61. The minimum Gasteiger partial charge on any atom is -0.340 e. The molecule has 4 heteroatoms. The fourth-order valence-corrected chi connectivity index (χ4v) is 1.48. The molecule has 2 N–H and O–H groups in total. The van der Waals surface area contributed by atoms with E-state index >= 15 is 0 Å². The summed E-state index contributed by atoms with van der Waals surface area (Å²) in [5.74, 6) is -0.296. The van der Waals surface area contributed by atoms with E-state index in [0.29, 0.717) is 11.3 Å². The van der Waals surface area contributed by atoms with Crippen LogP contribution in [0.15, 0.2) is 36.8 Å². The van der Waals surface area contributed by atoms with Gasteiger partial charge in [-0.3, -0.25) is 0 Å². The van der Waals surface area contributed by atoms with E-state index in [9.17, 15) is 4.39 Å². The highest BCUT2D eigenvalue weighted by molar-refractivity contribution is 5.27. The number of imidazole rings is 1. The van der Waals surface area contributed by atoms with E-state index in [0.717, 1.165) is 0 Å².